The normalized spacial score (nSPS) is 9.95. The Balaban J connectivity index is 2.90. The van der Waals surface area contributed by atoms with Gasteiger partial charge in [0.05, 0.1) is 33.8 Å². The molecule has 0 saturated heterocycles. The number of carbonyl (C=O) groups excluding carboxylic acids is 2. The van der Waals surface area contributed by atoms with Crippen LogP contribution < -0.4 is 9.47 Å². The second kappa shape index (κ2) is 8.16. The Labute approximate surface area is 118 Å². The van der Waals surface area contributed by atoms with E-state index in [9.17, 15) is 9.59 Å². The molecule has 0 aromatic heterocycles. The van der Waals surface area contributed by atoms with Gasteiger partial charge in [0.1, 0.15) is 11.5 Å². The van der Waals surface area contributed by atoms with Crippen molar-refractivity contribution in [3.8, 4) is 11.5 Å². The van der Waals surface area contributed by atoms with E-state index in [1.807, 2.05) is 0 Å². The minimum absolute atomic E-state index is 0.0235. The standard InChI is InChI=1S/C14H19NO5/c1-18-8-7-15(10-16)14(17)9-11-12(19-2)5-4-6-13(11)20-3/h4-6,10H,7-9H2,1-3H3. The van der Waals surface area contributed by atoms with E-state index >= 15 is 0 Å². The van der Waals surface area contributed by atoms with Crippen molar-refractivity contribution in [1.82, 2.24) is 4.90 Å². The second-order valence-electron chi connectivity index (χ2n) is 4.00. The Kier molecular flexibility index (Phi) is 6.52. The summed E-state index contributed by atoms with van der Waals surface area (Å²) in [6.45, 7) is 0.518. The molecule has 1 aromatic rings. The molecule has 0 atom stereocenters. The van der Waals surface area contributed by atoms with Crippen LogP contribution in [0.3, 0.4) is 0 Å². The number of ether oxygens (including phenoxy) is 3. The molecule has 6 heteroatoms. The number of imide groups is 1. The lowest BCUT2D eigenvalue weighted by Crippen LogP contribution is -2.33. The van der Waals surface area contributed by atoms with E-state index in [1.54, 1.807) is 18.2 Å². The molecule has 0 fully saturated rings. The summed E-state index contributed by atoms with van der Waals surface area (Å²) in [5.74, 6) is 0.769. The Hall–Kier alpha value is -2.08. The van der Waals surface area contributed by atoms with E-state index in [-0.39, 0.29) is 18.9 Å². The van der Waals surface area contributed by atoms with Crippen molar-refractivity contribution in [3.05, 3.63) is 23.8 Å². The molecule has 0 aliphatic carbocycles. The van der Waals surface area contributed by atoms with Crippen LogP contribution in [0.4, 0.5) is 0 Å². The molecule has 0 spiro atoms. The lowest BCUT2D eigenvalue weighted by Gasteiger charge is -2.17. The molecule has 1 aromatic carbocycles. The van der Waals surface area contributed by atoms with Crippen LogP contribution in [-0.2, 0) is 20.7 Å². The molecule has 0 N–H and O–H groups in total. The number of amides is 2. The van der Waals surface area contributed by atoms with Gasteiger partial charge >= 0.3 is 0 Å². The summed E-state index contributed by atoms with van der Waals surface area (Å²) in [7, 11) is 4.55. The molecule has 20 heavy (non-hydrogen) atoms. The molecule has 0 heterocycles. The van der Waals surface area contributed by atoms with Gasteiger partial charge in [0.15, 0.2) is 0 Å². The van der Waals surface area contributed by atoms with Crippen LogP contribution in [0.2, 0.25) is 0 Å². The number of methoxy groups -OCH3 is 3. The molecule has 0 aliphatic heterocycles. The van der Waals surface area contributed by atoms with Gasteiger partial charge in [0.25, 0.3) is 0 Å². The molecule has 6 nitrogen and oxygen atoms in total. The Morgan fingerprint density at radius 2 is 1.80 bits per heavy atom. The molecule has 0 aliphatic rings. The highest BCUT2D eigenvalue weighted by molar-refractivity contribution is 5.88. The van der Waals surface area contributed by atoms with Crippen molar-refractivity contribution in [2.24, 2.45) is 0 Å². The molecular weight excluding hydrogens is 262 g/mol. The third kappa shape index (κ3) is 3.96. The van der Waals surface area contributed by atoms with Crippen molar-refractivity contribution < 1.29 is 23.8 Å². The van der Waals surface area contributed by atoms with Crippen LogP contribution in [0.15, 0.2) is 18.2 Å². The summed E-state index contributed by atoms with van der Waals surface area (Å²) in [6, 6.07) is 5.26. The number of benzene rings is 1. The topological polar surface area (TPSA) is 65.1 Å². The summed E-state index contributed by atoms with van der Waals surface area (Å²) in [5.41, 5.74) is 0.617. The van der Waals surface area contributed by atoms with Gasteiger partial charge in [-0.05, 0) is 12.1 Å². The first-order valence-corrected chi connectivity index (χ1v) is 6.11. The first kappa shape index (κ1) is 16.0. The Morgan fingerprint density at radius 1 is 1.20 bits per heavy atom. The van der Waals surface area contributed by atoms with E-state index in [4.69, 9.17) is 14.2 Å². The van der Waals surface area contributed by atoms with Crippen molar-refractivity contribution in [2.45, 2.75) is 6.42 Å². The lowest BCUT2D eigenvalue weighted by molar-refractivity contribution is -0.138. The monoisotopic (exact) mass is 281 g/mol. The fourth-order valence-corrected chi connectivity index (χ4v) is 1.78. The molecule has 0 unspecified atom stereocenters. The molecule has 2 amide bonds. The van der Waals surface area contributed by atoms with Crippen LogP contribution in [-0.4, -0.2) is 51.7 Å². The van der Waals surface area contributed by atoms with Gasteiger partial charge < -0.3 is 14.2 Å². The maximum atomic E-state index is 12.1. The van der Waals surface area contributed by atoms with E-state index in [0.29, 0.717) is 30.1 Å². The third-order valence-corrected chi connectivity index (χ3v) is 2.84. The van der Waals surface area contributed by atoms with E-state index < -0.39 is 0 Å². The zero-order chi connectivity index (χ0) is 15.0. The zero-order valence-corrected chi connectivity index (χ0v) is 11.9. The van der Waals surface area contributed by atoms with Gasteiger partial charge in [-0.15, -0.1) is 0 Å². The average Bonchev–Trinajstić information content (AvgIpc) is 2.48. The van der Waals surface area contributed by atoms with Gasteiger partial charge in [-0.2, -0.15) is 0 Å². The first-order chi connectivity index (χ1) is 9.67. The summed E-state index contributed by atoms with van der Waals surface area (Å²) in [5, 5.41) is 0. The smallest absolute Gasteiger partial charge is 0.233 e. The minimum Gasteiger partial charge on any atom is -0.496 e. The molecule has 0 saturated carbocycles. The maximum absolute atomic E-state index is 12.1. The molecule has 1 rings (SSSR count). The summed E-state index contributed by atoms with van der Waals surface area (Å²) in [6.07, 6.45) is 0.527. The van der Waals surface area contributed by atoms with Crippen LogP contribution in [0, 0.1) is 0 Å². The number of hydrogen-bond donors (Lipinski definition) is 0. The zero-order valence-electron chi connectivity index (χ0n) is 11.9. The van der Waals surface area contributed by atoms with Crippen LogP contribution in [0.1, 0.15) is 5.56 Å². The van der Waals surface area contributed by atoms with Crippen LogP contribution >= 0.6 is 0 Å². The summed E-state index contributed by atoms with van der Waals surface area (Å²) >= 11 is 0. The number of nitrogens with zero attached hydrogens (tertiary/aromatic N) is 1. The van der Waals surface area contributed by atoms with Crippen molar-refractivity contribution >= 4 is 12.3 Å². The molecule has 0 radical (unpaired) electrons. The largest absolute Gasteiger partial charge is 0.496 e. The Bertz CT molecular complexity index is 439. The highest BCUT2D eigenvalue weighted by Crippen LogP contribution is 2.28. The first-order valence-electron chi connectivity index (χ1n) is 6.11. The van der Waals surface area contributed by atoms with Gasteiger partial charge in [-0.3, -0.25) is 14.5 Å². The van der Waals surface area contributed by atoms with Gasteiger partial charge in [-0.25, -0.2) is 0 Å². The minimum atomic E-state index is -0.333. The lowest BCUT2D eigenvalue weighted by atomic mass is 10.1. The number of carbonyl (C=O) groups is 2. The predicted octanol–water partition coefficient (Wildman–Crippen LogP) is 0.878. The highest BCUT2D eigenvalue weighted by atomic mass is 16.5. The van der Waals surface area contributed by atoms with E-state index in [1.165, 1.54) is 21.3 Å². The van der Waals surface area contributed by atoms with E-state index in [0.717, 1.165) is 4.90 Å². The van der Waals surface area contributed by atoms with Crippen molar-refractivity contribution in [1.29, 1.82) is 0 Å². The second-order valence-corrected chi connectivity index (χ2v) is 4.00. The molecule has 0 bridgehead atoms. The number of hydrogen-bond acceptors (Lipinski definition) is 5. The Morgan fingerprint density at radius 3 is 2.25 bits per heavy atom. The van der Waals surface area contributed by atoms with Gasteiger partial charge in [0.2, 0.25) is 12.3 Å². The quantitative estimate of drug-likeness (QED) is 0.662. The fraction of sp³-hybridized carbons (Fsp3) is 0.429. The van der Waals surface area contributed by atoms with Crippen molar-refractivity contribution in [2.75, 3.05) is 34.5 Å². The third-order valence-electron chi connectivity index (χ3n) is 2.84. The highest BCUT2D eigenvalue weighted by Gasteiger charge is 2.18. The van der Waals surface area contributed by atoms with Crippen molar-refractivity contribution in [3.63, 3.8) is 0 Å². The summed E-state index contributed by atoms with van der Waals surface area (Å²) in [4.78, 5) is 24.1. The van der Waals surface area contributed by atoms with E-state index in [2.05, 4.69) is 0 Å². The van der Waals surface area contributed by atoms with Crippen LogP contribution in [0.25, 0.3) is 0 Å². The molecular formula is C14H19NO5. The maximum Gasteiger partial charge on any atom is 0.233 e. The average molecular weight is 281 g/mol. The van der Waals surface area contributed by atoms with Crippen LogP contribution in [0.5, 0.6) is 11.5 Å². The fourth-order valence-electron chi connectivity index (χ4n) is 1.78. The van der Waals surface area contributed by atoms with Gasteiger partial charge in [-0.1, -0.05) is 6.07 Å². The van der Waals surface area contributed by atoms with Gasteiger partial charge in [0, 0.05) is 12.7 Å². The number of rotatable bonds is 8. The molecule has 110 valence electrons. The summed E-state index contributed by atoms with van der Waals surface area (Å²) < 4.78 is 15.3. The SMILES string of the molecule is COCCN(C=O)C(=O)Cc1c(OC)cccc1OC. The predicted molar refractivity (Wildman–Crippen MR) is 72.9 cm³/mol.